The molecule has 3 aromatic rings. The minimum absolute atomic E-state index is 0.0418. The molecule has 4 nitrogen and oxygen atoms in total. The summed E-state index contributed by atoms with van der Waals surface area (Å²) < 4.78 is 6.35. The van der Waals surface area contributed by atoms with Crippen molar-refractivity contribution in [1.82, 2.24) is 9.80 Å². The molecule has 2 aliphatic heterocycles. The molecule has 194 valence electrons. The molecule has 1 amide bonds. The third kappa shape index (κ3) is 5.58. The molecule has 2 aliphatic rings. The van der Waals surface area contributed by atoms with E-state index in [0.717, 1.165) is 62.2 Å². The zero-order chi connectivity index (χ0) is 26.0. The van der Waals surface area contributed by atoms with Crippen LogP contribution in [-0.2, 0) is 16.9 Å². The first-order valence-corrected chi connectivity index (χ1v) is 13.8. The highest BCUT2D eigenvalue weighted by Gasteiger charge is 2.42. The highest BCUT2D eigenvalue weighted by atomic mass is 35.5. The van der Waals surface area contributed by atoms with Crippen molar-refractivity contribution in [2.45, 2.75) is 44.3 Å². The first-order valence-electron chi connectivity index (χ1n) is 13.1. The van der Waals surface area contributed by atoms with Gasteiger partial charge in [0.2, 0.25) is 0 Å². The van der Waals surface area contributed by atoms with E-state index in [0.29, 0.717) is 16.6 Å². The number of rotatable bonds is 7. The lowest BCUT2D eigenvalue weighted by Gasteiger charge is -2.40. The second-order valence-corrected chi connectivity index (χ2v) is 11.3. The molecule has 0 saturated carbocycles. The summed E-state index contributed by atoms with van der Waals surface area (Å²) >= 11 is 12.6. The minimum atomic E-state index is -0.129. The van der Waals surface area contributed by atoms with E-state index in [4.69, 9.17) is 27.9 Å². The number of hydrogen-bond acceptors (Lipinski definition) is 3. The monoisotopic (exact) mass is 536 g/mol. The molecule has 1 atom stereocenters. The van der Waals surface area contributed by atoms with Gasteiger partial charge in [0.1, 0.15) is 0 Å². The average Bonchev–Trinajstić information content (AvgIpc) is 3.27. The Morgan fingerprint density at radius 2 is 1.76 bits per heavy atom. The largest absolute Gasteiger partial charge is 0.365 e. The molecule has 0 radical (unpaired) electrons. The number of likely N-dealkylation sites (tertiary alicyclic amines) is 1. The van der Waals surface area contributed by atoms with Crippen LogP contribution in [0.4, 0.5) is 0 Å². The summed E-state index contributed by atoms with van der Waals surface area (Å²) in [4.78, 5) is 17.6. The molecular weight excluding hydrogens is 503 g/mol. The Kier molecular flexibility index (Phi) is 7.92. The number of hydrogen-bond donors (Lipinski definition) is 0. The number of fused-ring (bicyclic) bond motifs is 2. The molecule has 0 unspecified atom stereocenters. The number of amides is 1. The van der Waals surface area contributed by atoms with Crippen LogP contribution in [-0.4, -0.2) is 48.9 Å². The van der Waals surface area contributed by atoms with Crippen LogP contribution in [0.15, 0.2) is 66.7 Å². The topological polar surface area (TPSA) is 32.8 Å². The first-order chi connectivity index (χ1) is 17.9. The maximum Gasteiger partial charge on any atom is 0.253 e. The Hall–Kier alpha value is -2.37. The Bertz CT molecular complexity index is 1270. The number of carbonyl (C=O) groups is 1. The molecule has 0 aromatic heterocycles. The van der Waals surface area contributed by atoms with Gasteiger partial charge in [-0.25, -0.2) is 0 Å². The van der Waals surface area contributed by atoms with Crippen LogP contribution < -0.4 is 0 Å². The van der Waals surface area contributed by atoms with Gasteiger partial charge < -0.3 is 14.5 Å². The number of likely N-dealkylation sites (N-methyl/N-ethyl adjacent to an activating group) is 1. The van der Waals surface area contributed by atoms with Gasteiger partial charge in [-0.2, -0.15) is 0 Å². The van der Waals surface area contributed by atoms with Crippen molar-refractivity contribution in [2.24, 2.45) is 0 Å². The lowest BCUT2D eigenvalue weighted by Crippen LogP contribution is -2.43. The third-order valence-electron chi connectivity index (χ3n) is 8.10. The lowest BCUT2D eigenvalue weighted by molar-refractivity contribution is -0.0790. The van der Waals surface area contributed by atoms with Crippen molar-refractivity contribution in [2.75, 3.05) is 33.2 Å². The van der Waals surface area contributed by atoms with Crippen LogP contribution in [0.5, 0.6) is 0 Å². The van der Waals surface area contributed by atoms with Gasteiger partial charge in [-0.3, -0.25) is 4.79 Å². The number of nitrogens with zero attached hydrogens (tertiary/aromatic N) is 2. The second kappa shape index (κ2) is 11.2. The van der Waals surface area contributed by atoms with E-state index in [1.165, 1.54) is 11.1 Å². The summed E-state index contributed by atoms with van der Waals surface area (Å²) in [6, 6.07) is 22.2. The van der Waals surface area contributed by atoms with E-state index < -0.39 is 0 Å². The molecule has 6 heteroatoms. The van der Waals surface area contributed by atoms with E-state index >= 15 is 0 Å². The number of carbonyl (C=O) groups excluding carboxylic acids is 1. The molecule has 3 aromatic carbocycles. The Balaban J connectivity index is 1.26. The van der Waals surface area contributed by atoms with E-state index in [-0.39, 0.29) is 17.4 Å². The fraction of sp³-hybridized carbons (Fsp3) is 0.387. The molecule has 1 spiro atoms. The predicted octanol–water partition coefficient (Wildman–Crippen LogP) is 7.07. The van der Waals surface area contributed by atoms with Gasteiger partial charge in [0.15, 0.2) is 0 Å². The maximum absolute atomic E-state index is 13.3. The number of halogens is 2. The zero-order valence-corrected chi connectivity index (χ0v) is 23.1. The summed E-state index contributed by atoms with van der Waals surface area (Å²) in [7, 11) is 1.89. The summed E-state index contributed by atoms with van der Waals surface area (Å²) in [5, 5.41) is 1.10. The number of piperidine rings is 1. The highest BCUT2D eigenvalue weighted by Crippen LogP contribution is 2.44. The van der Waals surface area contributed by atoms with Crippen LogP contribution in [0.25, 0.3) is 0 Å². The summed E-state index contributed by atoms with van der Waals surface area (Å²) in [6.07, 6.45) is 2.94. The number of benzene rings is 3. The van der Waals surface area contributed by atoms with Gasteiger partial charge in [-0.1, -0.05) is 71.7 Å². The quantitative estimate of drug-likeness (QED) is 0.323. The summed E-state index contributed by atoms with van der Waals surface area (Å²) in [5.41, 5.74) is 5.42. The normalized spacial score (nSPS) is 17.5. The molecule has 0 bridgehead atoms. The van der Waals surface area contributed by atoms with Crippen molar-refractivity contribution >= 4 is 29.1 Å². The highest BCUT2D eigenvalue weighted by molar-refractivity contribution is 6.42. The van der Waals surface area contributed by atoms with Gasteiger partial charge in [-0.05, 0) is 73.2 Å². The van der Waals surface area contributed by atoms with Crippen LogP contribution in [0.1, 0.15) is 57.8 Å². The molecule has 5 rings (SSSR count). The van der Waals surface area contributed by atoms with Crippen molar-refractivity contribution < 1.29 is 9.53 Å². The molecule has 1 fully saturated rings. The molecule has 0 aliphatic carbocycles. The fourth-order valence-electron chi connectivity index (χ4n) is 5.84. The van der Waals surface area contributed by atoms with Gasteiger partial charge in [0.05, 0.1) is 22.3 Å². The molecule has 2 heterocycles. The molecular formula is C31H34Cl2N2O2. The Morgan fingerprint density at radius 3 is 2.51 bits per heavy atom. The Morgan fingerprint density at radius 1 is 1.03 bits per heavy atom. The predicted molar refractivity (Wildman–Crippen MR) is 151 cm³/mol. The van der Waals surface area contributed by atoms with E-state index in [1.807, 2.05) is 61.3 Å². The van der Waals surface area contributed by atoms with Crippen LogP contribution in [0.3, 0.4) is 0 Å². The molecule has 0 N–H and O–H groups in total. The van der Waals surface area contributed by atoms with E-state index in [2.05, 4.69) is 29.2 Å². The van der Waals surface area contributed by atoms with E-state index in [1.54, 1.807) is 0 Å². The van der Waals surface area contributed by atoms with Crippen LogP contribution >= 0.6 is 23.2 Å². The molecule has 1 saturated heterocycles. The van der Waals surface area contributed by atoms with Crippen LogP contribution in [0.2, 0.25) is 10.0 Å². The zero-order valence-electron chi connectivity index (χ0n) is 21.6. The van der Waals surface area contributed by atoms with Gasteiger partial charge in [-0.15, -0.1) is 0 Å². The van der Waals surface area contributed by atoms with Crippen molar-refractivity contribution in [1.29, 1.82) is 0 Å². The lowest BCUT2D eigenvalue weighted by atomic mass is 9.83. The standard InChI is InChI=1S/C31H34Cl2N2O2/c1-22-7-3-5-9-26(22)30(36)34(2)20-24(23-11-12-28(32)29(33)19-23)13-16-35-17-14-31(15-18-35)27-10-6-4-8-25(27)21-37-31/h3-12,19,24H,13-18,20-21H2,1-2H3/t24-/m1/s1. The smallest absolute Gasteiger partial charge is 0.253 e. The maximum atomic E-state index is 13.3. The number of ether oxygens (including phenoxy) is 1. The summed E-state index contributed by atoms with van der Waals surface area (Å²) in [6.45, 7) is 6.26. The SMILES string of the molecule is Cc1ccccc1C(=O)N(C)C[C@@H](CCN1CCC2(CC1)OCc1ccccc12)c1ccc(Cl)c(Cl)c1. The van der Waals surface area contributed by atoms with Gasteiger partial charge >= 0.3 is 0 Å². The average molecular weight is 538 g/mol. The van der Waals surface area contributed by atoms with Crippen molar-refractivity contribution in [3.05, 3.63) is 105 Å². The second-order valence-electron chi connectivity index (χ2n) is 10.4. The van der Waals surface area contributed by atoms with Crippen LogP contribution in [0, 0.1) is 6.92 Å². The number of aryl methyl sites for hydroxylation is 1. The molecule has 37 heavy (non-hydrogen) atoms. The van der Waals surface area contributed by atoms with Gasteiger partial charge in [0, 0.05) is 38.2 Å². The third-order valence-corrected chi connectivity index (χ3v) is 8.84. The van der Waals surface area contributed by atoms with Crippen molar-refractivity contribution in [3.63, 3.8) is 0 Å². The van der Waals surface area contributed by atoms with Crippen molar-refractivity contribution in [3.8, 4) is 0 Å². The first kappa shape index (κ1) is 26.2. The van der Waals surface area contributed by atoms with Gasteiger partial charge in [0.25, 0.3) is 5.91 Å². The fourth-order valence-corrected chi connectivity index (χ4v) is 6.14. The summed E-state index contributed by atoms with van der Waals surface area (Å²) in [5.74, 6) is 0.187. The minimum Gasteiger partial charge on any atom is -0.365 e. The van der Waals surface area contributed by atoms with E-state index in [9.17, 15) is 4.79 Å². The Labute approximate surface area is 230 Å².